The average Bonchev–Trinajstić information content (AvgIpc) is 2.79. The molecule has 0 bridgehead atoms. The van der Waals surface area contributed by atoms with Gasteiger partial charge in [0.15, 0.2) is 5.65 Å². The smallest absolute Gasteiger partial charge is 0.332 e. The molecule has 0 saturated heterocycles. The van der Waals surface area contributed by atoms with Crippen molar-refractivity contribution in [3.63, 3.8) is 0 Å². The van der Waals surface area contributed by atoms with Gasteiger partial charge in [-0.15, -0.1) is 10.2 Å². The van der Waals surface area contributed by atoms with Crippen LogP contribution in [0.15, 0.2) is 15.7 Å². The van der Waals surface area contributed by atoms with Gasteiger partial charge >= 0.3 is 5.69 Å². The first-order valence-corrected chi connectivity index (χ1v) is 7.78. The number of nitrogens with zero attached hydrogens (tertiary/aromatic N) is 4. The van der Waals surface area contributed by atoms with Gasteiger partial charge in [0, 0.05) is 20.1 Å². The molecule has 7 heteroatoms. The van der Waals surface area contributed by atoms with E-state index in [1.165, 1.54) is 37.3 Å². The molecule has 0 atom stereocenters. The summed E-state index contributed by atoms with van der Waals surface area (Å²) >= 11 is 0. The maximum Gasteiger partial charge on any atom is 0.332 e. The largest absolute Gasteiger partial charge is 0.366 e. The van der Waals surface area contributed by atoms with Gasteiger partial charge in [0.2, 0.25) is 0 Å². The lowest BCUT2D eigenvalue weighted by atomic mass is 10.1. The molecule has 22 heavy (non-hydrogen) atoms. The number of hydrogen-bond donors (Lipinski definition) is 1. The highest BCUT2D eigenvalue weighted by atomic mass is 16.2. The zero-order valence-corrected chi connectivity index (χ0v) is 13.0. The van der Waals surface area contributed by atoms with Crippen molar-refractivity contribution in [2.45, 2.75) is 44.6 Å². The van der Waals surface area contributed by atoms with Gasteiger partial charge < -0.3 is 5.32 Å². The molecule has 3 rings (SSSR count). The second-order valence-corrected chi connectivity index (χ2v) is 6.01. The average molecular weight is 303 g/mol. The second kappa shape index (κ2) is 5.90. The molecule has 0 spiro atoms. The van der Waals surface area contributed by atoms with E-state index in [1.54, 1.807) is 13.1 Å². The number of anilines is 1. The lowest BCUT2D eigenvalue weighted by Crippen LogP contribution is -2.37. The minimum atomic E-state index is -0.392. The third kappa shape index (κ3) is 2.63. The molecular formula is C15H21N5O2. The lowest BCUT2D eigenvalue weighted by molar-refractivity contribution is 0.616. The summed E-state index contributed by atoms with van der Waals surface area (Å²) in [5, 5.41) is 12.0. The summed E-state index contributed by atoms with van der Waals surface area (Å²) in [4.78, 5) is 24.1. The zero-order chi connectivity index (χ0) is 15.7. The predicted octanol–water partition coefficient (Wildman–Crippen LogP) is 1.16. The van der Waals surface area contributed by atoms with Crippen LogP contribution in [0.4, 0.5) is 5.82 Å². The van der Waals surface area contributed by atoms with Crippen molar-refractivity contribution < 1.29 is 0 Å². The van der Waals surface area contributed by atoms with E-state index in [9.17, 15) is 9.59 Å². The zero-order valence-electron chi connectivity index (χ0n) is 13.0. The number of nitrogens with one attached hydrogen (secondary N) is 1. The third-order valence-electron chi connectivity index (χ3n) is 4.41. The van der Waals surface area contributed by atoms with E-state index in [0.29, 0.717) is 22.9 Å². The fraction of sp³-hybridized carbons (Fsp3) is 0.600. The van der Waals surface area contributed by atoms with Crippen LogP contribution in [0.1, 0.15) is 38.5 Å². The molecule has 2 aromatic heterocycles. The van der Waals surface area contributed by atoms with Crippen molar-refractivity contribution in [1.82, 2.24) is 19.3 Å². The molecule has 118 valence electrons. The summed E-state index contributed by atoms with van der Waals surface area (Å²) in [5.41, 5.74) is -0.410. The molecule has 0 amide bonds. The van der Waals surface area contributed by atoms with E-state index in [4.69, 9.17) is 0 Å². The van der Waals surface area contributed by atoms with Crippen molar-refractivity contribution in [3.05, 3.63) is 26.9 Å². The van der Waals surface area contributed by atoms with Gasteiger partial charge in [-0.1, -0.05) is 25.7 Å². The SMILES string of the molecule is Cn1c(=O)c2cc(NC3CCCCCC3)nnc2n(C)c1=O. The van der Waals surface area contributed by atoms with Gasteiger partial charge in [0.25, 0.3) is 5.56 Å². The molecule has 0 aromatic carbocycles. The van der Waals surface area contributed by atoms with Crippen LogP contribution in [-0.2, 0) is 14.1 Å². The summed E-state index contributed by atoms with van der Waals surface area (Å²) in [6.07, 6.45) is 7.23. The van der Waals surface area contributed by atoms with Gasteiger partial charge in [-0.2, -0.15) is 0 Å². The van der Waals surface area contributed by atoms with Crippen LogP contribution in [0.2, 0.25) is 0 Å². The Bertz CT molecular complexity index is 800. The first-order chi connectivity index (χ1) is 10.6. The molecule has 1 saturated carbocycles. The van der Waals surface area contributed by atoms with Crippen molar-refractivity contribution in [1.29, 1.82) is 0 Å². The lowest BCUT2D eigenvalue weighted by Gasteiger charge is -2.16. The van der Waals surface area contributed by atoms with Crippen LogP contribution in [0.5, 0.6) is 0 Å². The Kier molecular flexibility index (Phi) is 3.96. The summed E-state index contributed by atoms with van der Waals surface area (Å²) in [7, 11) is 3.07. The van der Waals surface area contributed by atoms with Crippen LogP contribution in [0.25, 0.3) is 11.0 Å². The number of fused-ring (bicyclic) bond motifs is 1. The van der Waals surface area contributed by atoms with Gasteiger partial charge in [0.05, 0.1) is 5.39 Å². The maximum atomic E-state index is 12.3. The Morgan fingerprint density at radius 1 is 1.05 bits per heavy atom. The number of hydrogen-bond acceptors (Lipinski definition) is 5. The molecule has 2 heterocycles. The van der Waals surface area contributed by atoms with Crippen LogP contribution < -0.4 is 16.6 Å². The highest BCUT2D eigenvalue weighted by Gasteiger charge is 2.15. The van der Waals surface area contributed by atoms with E-state index < -0.39 is 5.69 Å². The molecule has 0 aliphatic heterocycles. The minimum absolute atomic E-state index is 0.319. The standard InChI is InChI=1S/C15H21N5O2/c1-19-13-11(14(21)20(2)15(19)22)9-12(17-18-13)16-10-7-5-3-4-6-8-10/h9-10H,3-8H2,1-2H3,(H,16,17). The van der Waals surface area contributed by atoms with E-state index in [1.807, 2.05) is 0 Å². The minimum Gasteiger partial charge on any atom is -0.366 e. The molecule has 1 aliphatic rings. The van der Waals surface area contributed by atoms with Crippen LogP contribution in [-0.4, -0.2) is 25.4 Å². The summed E-state index contributed by atoms with van der Waals surface area (Å²) in [5.74, 6) is 0.607. The molecular weight excluding hydrogens is 282 g/mol. The summed E-state index contributed by atoms with van der Waals surface area (Å²) in [6, 6.07) is 2.08. The van der Waals surface area contributed by atoms with Gasteiger partial charge in [0.1, 0.15) is 5.82 Å². The molecule has 0 radical (unpaired) electrons. The molecule has 1 fully saturated rings. The third-order valence-corrected chi connectivity index (χ3v) is 4.41. The van der Waals surface area contributed by atoms with Crippen molar-refractivity contribution in [2.75, 3.05) is 5.32 Å². The van der Waals surface area contributed by atoms with Crippen molar-refractivity contribution >= 4 is 16.9 Å². The summed E-state index contributed by atoms with van der Waals surface area (Å²) in [6.45, 7) is 0. The topological polar surface area (TPSA) is 81.8 Å². The number of rotatable bonds is 2. The fourth-order valence-electron chi connectivity index (χ4n) is 3.08. The Hall–Kier alpha value is -2.18. The molecule has 1 aliphatic carbocycles. The highest BCUT2D eigenvalue weighted by Crippen LogP contribution is 2.20. The quantitative estimate of drug-likeness (QED) is 0.842. The number of aryl methyl sites for hydroxylation is 1. The molecule has 0 unspecified atom stereocenters. The van der Waals surface area contributed by atoms with Crippen LogP contribution >= 0.6 is 0 Å². The van der Waals surface area contributed by atoms with Crippen LogP contribution in [0, 0.1) is 0 Å². The molecule has 1 N–H and O–H groups in total. The van der Waals surface area contributed by atoms with Gasteiger partial charge in [-0.3, -0.25) is 13.9 Å². The Balaban J connectivity index is 1.99. The maximum absolute atomic E-state index is 12.3. The normalized spacial score (nSPS) is 16.6. The second-order valence-electron chi connectivity index (χ2n) is 6.01. The van der Waals surface area contributed by atoms with Crippen molar-refractivity contribution in [3.8, 4) is 0 Å². The Labute approximate surface area is 128 Å². The van der Waals surface area contributed by atoms with E-state index in [-0.39, 0.29) is 5.56 Å². The molecule has 2 aromatic rings. The first kappa shape index (κ1) is 14.7. The van der Waals surface area contributed by atoms with E-state index in [0.717, 1.165) is 17.4 Å². The van der Waals surface area contributed by atoms with Crippen molar-refractivity contribution in [2.24, 2.45) is 14.1 Å². The number of aromatic nitrogens is 4. The first-order valence-electron chi connectivity index (χ1n) is 7.78. The fourth-order valence-corrected chi connectivity index (χ4v) is 3.08. The van der Waals surface area contributed by atoms with Gasteiger partial charge in [-0.05, 0) is 18.9 Å². The molecule has 7 nitrogen and oxygen atoms in total. The van der Waals surface area contributed by atoms with Gasteiger partial charge in [-0.25, -0.2) is 4.79 Å². The Morgan fingerprint density at radius 2 is 1.73 bits per heavy atom. The summed E-state index contributed by atoms with van der Waals surface area (Å²) < 4.78 is 2.44. The monoisotopic (exact) mass is 303 g/mol. The van der Waals surface area contributed by atoms with E-state index >= 15 is 0 Å². The predicted molar refractivity (Wildman–Crippen MR) is 85.1 cm³/mol. The van der Waals surface area contributed by atoms with E-state index in [2.05, 4.69) is 15.5 Å². The highest BCUT2D eigenvalue weighted by molar-refractivity contribution is 5.76. The van der Waals surface area contributed by atoms with Crippen LogP contribution in [0.3, 0.4) is 0 Å². The Morgan fingerprint density at radius 3 is 2.41 bits per heavy atom.